The predicted octanol–water partition coefficient (Wildman–Crippen LogP) is 3.15. The van der Waals surface area contributed by atoms with E-state index in [4.69, 9.17) is 4.74 Å². The van der Waals surface area contributed by atoms with Gasteiger partial charge in [-0.05, 0) is 46.6 Å². The van der Waals surface area contributed by atoms with E-state index < -0.39 is 17.2 Å². The molecule has 0 saturated carbocycles. The van der Waals surface area contributed by atoms with Crippen molar-refractivity contribution in [3.63, 3.8) is 0 Å². The van der Waals surface area contributed by atoms with Crippen LogP contribution in [0.2, 0.25) is 0 Å². The zero-order valence-corrected chi connectivity index (χ0v) is 15.5. The van der Waals surface area contributed by atoms with Gasteiger partial charge in [-0.15, -0.1) is 0 Å². The van der Waals surface area contributed by atoms with Crippen LogP contribution in [0.1, 0.15) is 52.6 Å². The van der Waals surface area contributed by atoms with Crippen molar-refractivity contribution in [3.05, 3.63) is 35.9 Å². The normalized spacial score (nSPS) is 27.5. The number of rotatable bonds is 4. The molecule has 5 nitrogen and oxygen atoms in total. The molecule has 1 aliphatic heterocycles. The number of hydrogen-bond acceptors (Lipinski definition) is 4. The Morgan fingerprint density at radius 2 is 1.88 bits per heavy atom. The van der Waals surface area contributed by atoms with E-state index in [0.717, 1.165) is 5.56 Å². The Morgan fingerprint density at radius 1 is 1.29 bits per heavy atom. The van der Waals surface area contributed by atoms with Gasteiger partial charge in [-0.3, -0.25) is 4.79 Å². The lowest BCUT2D eigenvalue weighted by molar-refractivity contribution is -0.283. The van der Waals surface area contributed by atoms with Crippen LogP contribution < -0.4 is 5.32 Å². The molecule has 2 N–H and O–H groups in total. The van der Waals surface area contributed by atoms with Gasteiger partial charge in [-0.1, -0.05) is 30.3 Å². The number of amides is 1. The van der Waals surface area contributed by atoms with E-state index in [2.05, 4.69) is 5.32 Å². The molecule has 0 aromatic heterocycles. The standard InChI is InChI=1S/C19H30N2O3/c1-13(14-10-8-7-9-11-14)20-17(22)15-12-18(2,3)21(23)19(4,5)16(15)24-6/h7-11,13,15-16,23H,12H2,1-6H3,(H,20,22)/t13-,15-,16-/m1/s1. The highest BCUT2D eigenvalue weighted by atomic mass is 16.5. The van der Waals surface area contributed by atoms with Gasteiger partial charge in [0.1, 0.15) is 0 Å². The van der Waals surface area contributed by atoms with Crippen molar-refractivity contribution < 1.29 is 14.7 Å². The molecule has 0 bridgehead atoms. The smallest absolute Gasteiger partial charge is 0.226 e. The molecule has 1 amide bonds. The first-order chi connectivity index (χ1) is 11.1. The number of carbonyl (C=O) groups excluding carboxylic acids is 1. The molecule has 1 aromatic rings. The zero-order chi connectivity index (χ0) is 18.1. The Labute approximate surface area is 145 Å². The van der Waals surface area contributed by atoms with E-state index in [1.165, 1.54) is 5.06 Å². The third kappa shape index (κ3) is 3.48. The molecule has 1 aromatic carbocycles. The number of methoxy groups -OCH3 is 1. The minimum absolute atomic E-state index is 0.0348. The molecule has 5 heteroatoms. The Balaban J connectivity index is 2.20. The molecular formula is C19H30N2O3. The Morgan fingerprint density at radius 3 is 2.42 bits per heavy atom. The van der Waals surface area contributed by atoms with Crippen LogP contribution in [0.3, 0.4) is 0 Å². The second-order valence-electron chi connectivity index (χ2n) is 7.89. The molecule has 1 saturated heterocycles. The minimum Gasteiger partial charge on any atom is -0.379 e. The lowest BCUT2D eigenvalue weighted by Crippen LogP contribution is -2.68. The van der Waals surface area contributed by atoms with Gasteiger partial charge >= 0.3 is 0 Å². The maximum Gasteiger partial charge on any atom is 0.226 e. The van der Waals surface area contributed by atoms with Crippen molar-refractivity contribution in [1.29, 1.82) is 0 Å². The summed E-state index contributed by atoms with van der Waals surface area (Å²) in [6.07, 6.45) is 0.136. The molecule has 0 aliphatic carbocycles. The lowest BCUT2D eigenvalue weighted by atomic mass is 9.72. The summed E-state index contributed by atoms with van der Waals surface area (Å²) in [7, 11) is 1.60. The summed E-state index contributed by atoms with van der Waals surface area (Å²) in [5.74, 6) is -0.359. The van der Waals surface area contributed by atoms with Crippen LogP contribution in [-0.2, 0) is 9.53 Å². The highest BCUT2D eigenvalue weighted by Crippen LogP contribution is 2.41. The van der Waals surface area contributed by atoms with Crippen molar-refractivity contribution >= 4 is 5.91 Å². The number of ether oxygens (including phenoxy) is 1. The van der Waals surface area contributed by atoms with E-state index >= 15 is 0 Å². The maximum absolute atomic E-state index is 12.9. The Hall–Kier alpha value is -1.43. The fourth-order valence-corrected chi connectivity index (χ4v) is 3.95. The summed E-state index contributed by atoms with van der Waals surface area (Å²) in [6, 6.07) is 9.82. The number of carbonyl (C=O) groups is 1. The monoisotopic (exact) mass is 334 g/mol. The maximum atomic E-state index is 12.9. The van der Waals surface area contributed by atoms with E-state index in [-0.39, 0.29) is 17.9 Å². The van der Waals surface area contributed by atoms with Crippen molar-refractivity contribution in [2.24, 2.45) is 5.92 Å². The molecule has 1 aliphatic rings. The first-order valence-corrected chi connectivity index (χ1v) is 8.48. The molecule has 0 spiro atoms. The molecule has 1 fully saturated rings. The molecule has 3 atom stereocenters. The molecule has 24 heavy (non-hydrogen) atoms. The highest BCUT2D eigenvalue weighted by molar-refractivity contribution is 5.80. The fourth-order valence-electron chi connectivity index (χ4n) is 3.95. The van der Waals surface area contributed by atoms with Gasteiger partial charge in [-0.2, -0.15) is 5.06 Å². The topological polar surface area (TPSA) is 61.8 Å². The highest BCUT2D eigenvalue weighted by Gasteiger charge is 2.54. The molecule has 134 valence electrons. The number of piperidine rings is 1. The van der Waals surface area contributed by atoms with Gasteiger partial charge in [0.25, 0.3) is 0 Å². The first-order valence-electron chi connectivity index (χ1n) is 8.48. The number of hydroxylamine groups is 2. The molecule has 1 heterocycles. The first kappa shape index (κ1) is 18.9. The second kappa shape index (κ2) is 6.82. The van der Waals surface area contributed by atoms with E-state index in [0.29, 0.717) is 6.42 Å². The SMILES string of the molecule is CO[C@@H]1[C@H](C(=O)N[C@H](C)c2ccccc2)CC(C)(C)N(O)C1(C)C. The Kier molecular flexibility index (Phi) is 5.37. The third-order valence-corrected chi connectivity index (χ3v) is 5.15. The van der Waals surface area contributed by atoms with Gasteiger partial charge in [-0.25, -0.2) is 0 Å². The van der Waals surface area contributed by atoms with E-state index in [9.17, 15) is 10.0 Å². The number of benzene rings is 1. The van der Waals surface area contributed by atoms with Crippen LogP contribution in [0.15, 0.2) is 30.3 Å². The van der Waals surface area contributed by atoms with Crippen LogP contribution in [0.5, 0.6) is 0 Å². The summed E-state index contributed by atoms with van der Waals surface area (Å²) in [5.41, 5.74) is -0.0942. The van der Waals surface area contributed by atoms with E-state index in [1.54, 1.807) is 7.11 Å². The van der Waals surface area contributed by atoms with Crippen LogP contribution >= 0.6 is 0 Å². The average Bonchev–Trinajstić information content (AvgIpc) is 2.53. The van der Waals surface area contributed by atoms with Gasteiger partial charge in [0.2, 0.25) is 5.91 Å². The predicted molar refractivity (Wildman–Crippen MR) is 93.7 cm³/mol. The summed E-state index contributed by atoms with van der Waals surface area (Å²) in [5, 5.41) is 15.0. The van der Waals surface area contributed by atoms with Crippen molar-refractivity contribution in [2.75, 3.05) is 7.11 Å². The van der Waals surface area contributed by atoms with Crippen LogP contribution in [0.4, 0.5) is 0 Å². The summed E-state index contributed by atoms with van der Waals surface area (Å²) in [4.78, 5) is 12.9. The van der Waals surface area contributed by atoms with Crippen LogP contribution in [-0.4, -0.2) is 40.5 Å². The number of nitrogens with one attached hydrogen (secondary N) is 1. The fraction of sp³-hybridized carbons (Fsp3) is 0.632. The summed E-state index contributed by atoms with van der Waals surface area (Å²) >= 11 is 0. The largest absolute Gasteiger partial charge is 0.379 e. The summed E-state index contributed by atoms with van der Waals surface area (Å²) < 4.78 is 5.63. The third-order valence-electron chi connectivity index (χ3n) is 5.15. The summed E-state index contributed by atoms with van der Waals surface area (Å²) in [6.45, 7) is 9.68. The van der Waals surface area contributed by atoms with Gasteiger partial charge < -0.3 is 15.3 Å². The zero-order valence-electron chi connectivity index (χ0n) is 15.5. The molecule has 0 radical (unpaired) electrons. The van der Waals surface area contributed by atoms with E-state index in [1.807, 2.05) is 65.0 Å². The van der Waals surface area contributed by atoms with Crippen LogP contribution in [0, 0.1) is 5.92 Å². The number of nitrogens with zero attached hydrogens (tertiary/aromatic N) is 1. The van der Waals surface area contributed by atoms with Gasteiger partial charge in [0, 0.05) is 12.6 Å². The minimum atomic E-state index is -0.658. The Bertz CT molecular complexity index is 571. The van der Waals surface area contributed by atoms with Crippen molar-refractivity contribution in [3.8, 4) is 0 Å². The lowest BCUT2D eigenvalue weighted by Gasteiger charge is -2.54. The molecule has 0 unspecified atom stereocenters. The van der Waals surface area contributed by atoms with Crippen molar-refractivity contribution in [1.82, 2.24) is 10.4 Å². The molecular weight excluding hydrogens is 304 g/mol. The molecule has 2 rings (SSSR count). The van der Waals surface area contributed by atoms with Crippen LogP contribution in [0.25, 0.3) is 0 Å². The second-order valence-corrected chi connectivity index (χ2v) is 7.89. The van der Waals surface area contributed by atoms with Gasteiger partial charge in [0.05, 0.1) is 23.6 Å². The average molecular weight is 334 g/mol. The van der Waals surface area contributed by atoms with Crippen molar-refractivity contribution in [2.45, 2.75) is 64.3 Å². The quantitative estimate of drug-likeness (QED) is 0.888. The van der Waals surface area contributed by atoms with Gasteiger partial charge in [0.15, 0.2) is 0 Å². The number of hydrogen-bond donors (Lipinski definition) is 2.